The predicted octanol–water partition coefficient (Wildman–Crippen LogP) is 3.51. The number of nitrogens with zero attached hydrogens (tertiary/aromatic N) is 1. The zero-order valence-corrected chi connectivity index (χ0v) is 27.5. The van der Waals surface area contributed by atoms with Crippen LogP contribution in [0, 0.1) is 24.2 Å². The summed E-state index contributed by atoms with van der Waals surface area (Å²) in [6, 6.07) is 7.17. The van der Waals surface area contributed by atoms with Gasteiger partial charge in [0.15, 0.2) is 0 Å². The number of carbonyl (C=O) groups excluding carboxylic acids is 3. The molecule has 2 rings (SSSR count). The Kier molecular flexibility index (Phi) is 14.3. The van der Waals surface area contributed by atoms with Gasteiger partial charge >= 0.3 is 21.5 Å². The average molecular weight is 675 g/mol. The molecule has 1 aliphatic heterocycles. The highest BCUT2D eigenvalue weighted by Gasteiger charge is 2.46. The van der Waals surface area contributed by atoms with E-state index in [2.05, 4.69) is 16.6 Å². The van der Waals surface area contributed by atoms with Crippen LogP contribution >= 0.6 is 11.8 Å². The van der Waals surface area contributed by atoms with Crippen molar-refractivity contribution in [3.05, 3.63) is 47.0 Å². The molecule has 0 aliphatic carbocycles. The van der Waals surface area contributed by atoms with Crippen LogP contribution in [0.3, 0.4) is 0 Å². The molecule has 0 spiro atoms. The third-order valence-electron chi connectivity index (χ3n) is 7.30. The van der Waals surface area contributed by atoms with Crippen LogP contribution in [0.25, 0.3) is 0 Å². The highest BCUT2D eigenvalue weighted by Crippen LogP contribution is 2.30. The molecular weight excluding hydrogens is 633 g/mol. The van der Waals surface area contributed by atoms with Crippen LogP contribution in [-0.2, 0) is 35.6 Å². The number of thioether (sulfide) groups is 1. The molecule has 2 unspecified atom stereocenters. The summed E-state index contributed by atoms with van der Waals surface area (Å²) in [6.45, 7) is 6.32. The molecule has 5 atom stereocenters. The van der Waals surface area contributed by atoms with Gasteiger partial charge in [-0.1, -0.05) is 51.1 Å². The molecule has 0 radical (unpaired) electrons. The van der Waals surface area contributed by atoms with Gasteiger partial charge in [-0.25, -0.2) is 13.1 Å². The summed E-state index contributed by atoms with van der Waals surface area (Å²) in [6.07, 6.45) is 5.89. The van der Waals surface area contributed by atoms with Crippen molar-refractivity contribution < 1.29 is 40.7 Å². The van der Waals surface area contributed by atoms with Crippen LogP contribution in [0.4, 0.5) is 13.2 Å². The van der Waals surface area contributed by atoms with E-state index in [1.807, 2.05) is 20.8 Å². The van der Waals surface area contributed by atoms with E-state index in [1.54, 1.807) is 42.3 Å². The standard InChI is InChI=1S/C30H41F3N4O6S2/c1-7-21(8-2)15-27(39)37(6)25(19(3)4)16-26(43-20(5)38)29-36-24(18-44-29)28(40)35-23(14-22-12-10-9-11-13-22)17-34-45(41,42)30(31,32)33/h1,9-13,18-19,21,23,25-26,29,34,36H,8,14-17H2,2-6H3,(H,35,40)/t21-,23-,25+,26?,29?/m0/s1. The maximum Gasteiger partial charge on any atom is 0.511 e. The lowest BCUT2D eigenvalue weighted by Gasteiger charge is -2.36. The van der Waals surface area contributed by atoms with E-state index in [9.17, 15) is 36.0 Å². The van der Waals surface area contributed by atoms with Gasteiger partial charge in [-0.05, 0) is 24.3 Å². The topological polar surface area (TPSA) is 134 Å². The highest BCUT2D eigenvalue weighted by atomic mass is 32.2. The third kappa shape index (κ3) is 11.6. The van der Waals surface area contributed by atoms with Gasteiger partial charge in [0.05, 0.1) is 0 Å². The number of hydrogen-bond acceptors (Lipinski definition) is 8. The second kappa shape index (κ2) is 16.9. The number of benzene rings is 1. The second-order valence-corrected chi connectivity index (χ2v) is 13.8. The molecule has 0 saturated carbocycles. The minimum Gasteiger partial charge on any atom is -0.459 e. The zero-order chi connectivity index (χ0) is 33.9. The van der Waals surface area contributed by atoms with Gasteiger partial charge in [0.2, 0.25) is 5.91 Å². The van der Waals surface area contributed by atoms with Crippen molar-refractivity contribution in [2.75, 3.05) is 13.6 Å². The van der Waals surface area contributed by atoms with E-state index in [4.69, 9.17) is 11.2 Å². The van der Waals surface area contributed by atoms with Gasteiger partial charge < -0.3 is 20.3 Å². The van der Waals surface area contributed by atoms with E-state index < -0.39 is 51.5 Å². The predicted molar refractivity (Wildman–Crippen MR) is 166 cm³/mol. The fraction of sp³-hybridized carbons (Fsp3) is 0.567. The molecule has 1 aliphatic rings. The maximum absolute atomic E-state index is 13.2. The average Bonchev–Trinajstić information content (AvgIpc) is 3.46. The van der Waals surface area contributed by atoms with Crippen molar-refractivity contribution >= 4 is 39.6 Å². The molecule has 0 fully saturated rings. The highest BCUT2D eigenvalue weighted by molar-refractivity contribution is 8.03. The minimum atomic E-state index is -5.64. The molecular formula is C30H41F3N4O6S2. The number of ether oxygens (including phenoxy) is 1. The van der Waals surface area contributed by atoms with Gasteiger partial charge in [0.1, 0.15) is 17.2 Å². The van der Waals surface area contributed by atoms with E-state index in [0.717, 1.165) is 0 Å². The van der Waals surface area contributed by atoms with Crippen molar-refractivity contribution in [2.45, 2.75) is 82.4 Å². The molecule has 1 aromatic rings. The number of alkyl halides is 3. The molecule has 3 N–H and O–H groups in total. The van der Waals surface area contributed by atoms with E-state index in [-0.39, 0.29) is 48.7 Å². The first-order chi connectivity index (χ1) is 21.0. The first-order valence-corrected chi connectivity index (χ1v) is 16.8. The Morgan fingerprint density at radius 2 is 1.84 bits per heavy atom. The van der Waals surface area contributed by atoms with Crippen LogP contribution in [0.2, 0.25) is 0 Å². The van der Waals surface area contributed by atoms with Gasteiger partial charge in [-0.2, -0.15) is 13.2 Å². The quantitative estimate of drug-likeness (QED) is 0.179. The molecule has 0 bridgehead atoms. The zero-order valence-electron chi connectivity index (χ0n) is 25.9. The number of halogens is 3. The monoisotopic (exact) mass is 674 g/mol. The van der Waals surface area contributed by atoms with Crippen molar-refractivity contribution in [3.8, 4) is 12.3 Å². The Hall–Kier alpha value is -3.22. The first-order valence-electron chi connectivity index (χ1n) is 14.4. The summed E-state index contributed by atoms with van der Waals surface area (Å²) < 4.78 is 69.2. The second-order valence-electron chi connectivity index (χ2n) is 11.1. The summed E-state index contributed by atoms with van der Waals surface area (Å²) in [7, 11) is -3.96. The van der Waals surface area contributed by atoms with Crippen molar-refractivity contribution in [3.63, 3.8) is 0 Å². The number of amides is 2. The van der Waals surface area contributed by atoms with E-state index in [1.165, 1.54) is 28.8 Å². The Balaban J connectivity index is 2.17. The Labute approximate surface area is 267 Å². The molecule has 15 heteroatoms. The number of hydrogen-bond donors (Lipinski definition) is 3. The smallest absolute Gasteiger partial charge is 0.459 e. The Morgan fingerprint density at radius 1 is 1.20 bits per heavy atom. The molecule has 45 heavy (non-hydrogen) atoms. The summed E-state index contributed by atoms with van der Waals surface area (Å²) in [4.78, 5) is 39.9. The fourth-order valence-electron chi connectivity index (χ4n) is 4.71. The van der Waals surface area contributed by atoms with E-state index >= 15 is 0 Å². The number of sulfonamides is 1. The molecule has 250 valence electrons. The van der Waals surface area contributed by atoms with Gasteiger partial charge in [-0.15, -0.1) is 24.1 Å². The van der Waals surface area contributed by atoms with Crippen molar-refractivity contribution in [2.24, 2.45) is 11.8 Å². The number of terminal acetylenes is 1. The van der Waals surface area contributed by atoms with Crippen LogP contribution < -0.4 is 15.4 Å². The first kappa shape index (κ1) is 38.0. The van der Waals surface area contributed by atoms with Crippen LogP contribution in [0.1, 0.15) is 52.5 Å². The Bertz CT molecular complexity index is 1350. The number of esters is 1. The summed E-state index contributed by atoms with van der Waals surface area (Å²) in [5, 5.41) is 6.48. The molecule has 1 aromatic carbocycles. The number of rotatable bonds is 16. The number of carbonyl (C=O) groups is 3. The maximum atomic E-state index is 13.2. The van der Waals surface area contributed by atoms with Crippen LogP contribution in [0.15, 0.2) is 41.4 Å². The SMILES string of the molecule is C#C[C@@H](CC)CC(=O)N(C)[C@H](CC(OC(C)=O)C1NC(C(=O)N[C@H](CNS(=O)(=O)C(F)(F)F)Cc2ccccc2)=CS1)C(C)C. The van der Waals surface area contributed by atoms with Crippen LogP contribution in [-0.4, -0.2) is 73.8 Å². The lowest BCUT2D eigenvalue weighted by molar-refractivity contribution is -0.148. The third-order valence-corrected chi connectivity index (χ3v) is 9.54. The normalized spacial score (nSPS) is 17.7. The summed E-state index contributed by atoms with van der Waals surface area (Å²) in [5.41, 5.74) is -4.79. The largest absolute Gasteiger partial charge is 0.511 e. The lowest BCUT2D eigenvalue weighted by Crippen LogP contribution is -2.50. The van der Waals surface area contributed by atoms with Crippen molar-refractivity contribution in [1.29, 1.82) is 0 Å². The van der Waals surface area contributed by atoms with Gasteiger partial charge in [0, 0.05) is 56.8 Å². The molecule has 0 aromatic heterocycles. The summed E-state index contributed by atoms with van der Waals surface area (Å²) in [5.74, 6) is 1.00. The van der Waals surface area contributed by atoms with Gasteiger partial charge in [0.25, 0.3) is 5.91 Å². The molecule has 2 amide bonds. The lowest BCUT2D eigenvalue weighted by atomic mass is 9.94. The number of nitrogens with one attached hydrogen (secondary N) is 3. The minimum absolute atomic E-state index is 0.0238. The fourth-order valence-corrected chi connectivity index (χ4v) is 6.29. The van der Waals surface area contributed by atoms with Crippen LogP contribution in [0.5, 0.6) is 0 Å². The summed E-state index contributed by atoms with van der Waals surface area (Å²) >= 11 is 1.17. The molecule has 1 heterocycles. The van der Waals surface area contributed by atoms with Crippen molar-refractivity contribution in [1.82, 2.24) is 20.3 Å². The molecule has 10 nitrogen and oxygen atoms in total. The Morgan fingerprint density at radius 3 is 2.38 bits per heavy atom. The van der Waals surface area contributed by atoms with Gasteiger partial charge in [-0.3, -0.25) is 14.4 Å². The van der Waals surface area contributed by atoms with E-state index in [0.29, 0.717) is 12.0 Å². The molecule has 0 saturated heterocycles.